The third-order valence-corrected chi connectivity index (χ3v) is 4.08. The summed E-state index contributed by atoms with van der Waals surface area (Å²) >= 11 is 13.9. The highest BCUT2D eigenvalue weighted by atomic mass is 35.5. The summed E-state index contributed by atoms with van der Waals surface area (Å²) in [5.41, 5.74) is 2.92. The summed E-state index contributed by atoms with van der Waals surface area (Å²) in [7, 11) is 0. The highest BCUT2D eigenvalue weighted by Crippen LogP contribution is 2.29. The number of imidazole rings is 1. The van der Waals surface area contributed by atoms with Crippen LogP contribution in [0.2, 0.25) is 10.0 Å². The van der Waals surface area contributed by atoms with Crippen molar-refractivity contribution in [1.82, 2.24) is 9.97 Å². The van der Waals surface area contributed by atoms with Gasteiger partial charge < -0.3 is 4.98 Å². The molecule has 0 saturated carbocycles. The van der Waals surface area contributed by atoms with E-state index in [0.29, 0.717) is 10.0 Å². The molecule has 0 atom stereocenters. The molecule has 1 N–H and O–H groups in total. The van der Waals surface area contributed by atoms with E-state index in [-0.39, 0.29) is 0 Å². The topological polar surface area (TPSA) is 28.7 Å². The SMILES string of the molecule is Clc1ccc(Cl)c(-c2c[nH]c(Cc3ccsc3)n2)c1. The summed E-state index contributed by atoms with van der Waals surface area (Å²) in [6.45, 7) is 0. The first-order chi connectivity index (χ1) is 9.22. The van der Waals surface area contributed by atoms with E-state index in [1.165, 1.54) is 5.56 Å². The summed E-state index contributed by atoms with van der Waals surface area (Å²) < 4.78 is 0. The first-order valence-electron chi connectivity index (χ1n) is 5.73. The van der Waals surface area contributed by atoms with Crippen LogP contribution in [0.5, 0.6) is 0 Å². The first kappa shape index (κ1) is 12.7. The van der Waals surface area contributed by atoms with Gasteiger partial charge in [-0.15, -0.1) is 0 Å². The zero-order valence-electron chi connectivity index (χ0n) is 9.86. The van der Waals surface area contributed by atoms with E-state index < -0.39 is 0 Å². The van der Waals surface area contributed by atoms with E-state index in [9.17, 15) is 0 Å². The molecule has 3 aromatic rings. The van der Waals surface area contributed by atoms with Gasteiger partial charge in [-0.25, -0.2) is 4.98 Å². The molecule has 2 aromatic heterocycles. The van der Waals surface area contributed by atoms with E-state index in [4.69, 9.17) is 23.2 Å². The van der Waals surface area contributed by atoms with Gasteiger partial charge in [-0.2, -0.15) is 11.3 Å². The van der Waals surface area contributed by atoms with Crippen molar-refractivity contribution < 1.29 is 0 Å². The van der Waals surface area contributed by atoms with Gasteiger partial charge in [-0.3, -0.25) is 0 Å². The minimum absolute atomic E-state index is 0.651. The quantitative estimate of drug-likeness (QED) is 0.721. The van der Waals surface area contributed by atoms with E-state index in [1.807, 2.05) is 12.3 Å². The number of halogens is 2. The summed E-state index contributed by atoms with van der Waals surface area (Å²) in [6.07, 6.45) is 2.65. The minimum Gasteiger partial charge on any atom is -0.348 e. The Morgan fingerprint density at radius 1 is 1.21 bits per heavy atom. The fraction of sp³-hybridized carbons (Fsp3) is 0.0714. The molecule has 0 spiro atoms. The molecule has 0 radical (unpaired) electrons. The van der Waals surface area contributed by atoms with E-state index >= 15 is 0 Å². The van der Waals surface area contributed by atoms with Crippen molar-refractivity contribution in [3.05, 3.63) is 62.7 Å². The number of hydrogen-bond acceptors (Lipinski definition) is 2. The Morgan fingerprint density at radius 2 is 2.11 bits per heavy atom. The Morgan fingerprint density at radius 3 is 2.89 bits per heavy atom. The molecule has 0 aliphatic carbocycles. The molecule has 2 heterocycles. The predicted molar refractivity (Wildman–Crippen MR) is 81.2 cm³/mol. The van der Waals surface area contributed by atoms with Crippen molar-refractivity contribution in [1.29, 1.82) is 0 Å². The second-order valence-electron chi connectivity index (χ2n) is 4.16. The van der Waals surface area contributed by atoms with Crippen LogP contribution in [-0.2, 0) is 6.42 Å². The molecule has 2 nitrogen and oxygen atoms in total. The highest BCUT2D eigenvalue weighted by Gasteiger charge is 2.09. The third-order valence-electron chi connectivity index (χ3n) is 2.79. The van der Waals surface area contributed by atoms with Crippen LogP contribution in [0.1, 0.15) is 11.4 Å². The number of nitrogens with one attached hydrogen (secondary N) is 1. The molecule has 0 bridgehead atoms. The van der Waals surface area contributed by atoms with Gasteiger partial charge >= 0.3 is 0 Å². The lowest BCUT2D eigenvalue weighted by Gasteiger charge is -2.00. The number of H-pyrrole nitrogens is 1. The maximum absolute atomic E-state index is 6.17. The van der Waals surface area contributed by atoms with Gasteiger partial charge in [0.1, 0.15) is 5.82 Å². The minimum atomic E-state index is 0.651. The van der Waals surface area contributed by atoms with Crippen molar-refractivity contribution in [2.45, 2.75) is 6.42 Å². The second kappa shape index (κ2) is 5.37. The Labute approximate surface area is 125 Å². The van der Waals surface area contributed by atoms with E-state index in [0.717, 1.165) is 23.5 Å². The number of hydrogen-bond donors (Lipinski definition) is 1. The lowest BCUT2D eigenvalue weighted by Crippen LogP contribution is -1.88. The van der Waals surface area contributed by atoms with Crippen LogP contribution in [0.4, 0.5) is 0 Å². The van der Waals surface area contributed by atoms with Gasteiger partial charge in [-0.05, 0) is 40.6 Å². The zero-order chi connectivity index (χ0) is 13.2. The molecule has 19 heavy (non-hydrogen) atoms. The fourth-order valence-electron chi connectivity index (χ4n) is 1.87. The molecule has 0 unspecified atom stereocenters. The molecule has 0 saturated heterocycles. The average molecular weight is 309 g/mol. The monoisotopic (exact) mass is 308 g/mol. The Bertz CT molecular complexity index is 689. The lowest BCUT2D eigenvalue weighted by atomic mass is 10.2. The van der Waals surface area contributed by atoms with Crippen molar-refractivity contribution in [2.24, 2.45) is 0 Å². The van der Waals surface area contributed by atoms with Crippen LogP contribution in [0.15, 0.2) is 41.2 Å². The molecule has 3 rings (SSSR count). The molecular weight excluding hydrogens is 299 g/mol. The number of nitrogens with zero attached hydrogens (tertiary/aromatic N) is 1. The normalized spacial score (nSPS) is 10.8. The van der Waals surface area contributed by atoms with Gasteiger partial charge in [0.25, 0.3) is 0 Å². The Kier molecular flexibility index (Phi) is 3.60. The molecule has 1 aromatic carbocycles. The van der Waals surface area contributed by atoms with Crippen LogP contribution >= 0.6 is 34.5 Å². The van der Waals surface area contributed by atoms with Crippen LogP contribution in [-0.4, -0.2) is 9.97 Å². The summed E-state index contributed by atoms with van der Waals surface area (Å²) in [4.78, 5) is 7.74. The maximum atomic E-state index is 6.17. The maximum Gasteiger partial charge on any atom is 0.111 e. The number of aromatic nitrogens is 2. The summed E-state index contributed by atoms with van der Waals surface area (Å²) in [5, 5.41) is 5.49. The summed E-state index contributed by atoms with van der Waals surface area (Å²) in [6, 6.07) is 7.48. The fourth-order valence-corrected chi connectivity index (χ4v) is 2.93. The second-order valence-corrected chi connectivity index (χ2v) is 5.79. The van der Waals surface area contributed by atoms with Crippen LogP contribution < -0.4 is 0 Å². The number of thiophene rings is 1. The smallest absolute Gasteiger partial charge is 0.111 e. The van der Waals surface area contributed by atoms with Gasteiger partial charge in [0.2, 0.25) is 0 Å². The largest absolute Gasteiger partial charge is 0.348 e. The van der Waals surface area contributed by atoms with Gasteiger partial charge in [0.05, 0.1) is 10.7 Å². The van der Waals surface area contributed by atoms with Crippen molar-refractivity contribution >= 4 is 34.5 Å². The molecule has 0 aliphatic heterocycles. The number of benzene rings is 1. The van der Waals surface area contributed by atoms with Gasteiger partial charge in [-0.1, -0.05) is 23.2 Å². The third kappa shape index (κ3) is 2.84. The lowest BCUT2D eigenvalue weighted by molar-refractivity contribution is 1.03. The number of aromatic amines is 1. The van der Waals surface area contributed by atoms with Crippen LogP contribution in [0.25, 0.3) is 11.3 Å². The van der Waals surface area contributed by atoms with Crippen LogP contribution in [0.3, 0.4) is 0 Å². The zero-order valence-corrected chi connectivity index (χ0v) is 12.2. The predicted octanol–water partition coefficient (Wildman–Crippen LogP) is 5.04. The van der Waals surface area contributed by atoms with Gasteiger partial charge in [0.15, 0.2) is 0 Å². The molecular formula is C14H10Cl2N2S. The average Bonchev–Trinajstić information content (AvgIpc) is 3.04. The molecule has 96 valence electrons. The molecule has 0 aliphatic rings. The highest BCUT2D eigenvalue weighted by molar-refractivity contribution is 7.07. The first-order valence-corrected chi connectivity index (χ1v) is 7.43. The Hall–Kier alpha value is -1.29. The van der Waals surface area contributed by atoms with E-state index in [2.05, 4.69) is 26.8 Å². The van der Waals surface area contributed by atoms with Crippen molar-refractivity contribution in [3.8, 4) is 11.3 Å². The molecule has 0 amide bonds. The van der Waals surface area contributed by atoms with Gasteiger partial charge in [0, 0.05) is 23.2 Å². The van der Waals surface area contributed by atoms with Crippen LogP contribution in [0, 0.1) is 0 Å². The Balaban J connectivity index is 1.90. The standard InChI is InChI=1S/C14H10Cl2N2S/c15-10-1-2-12(16)11(6-10)13-7-17-14(18-13)5-9-3-4-19-8-9/h1-4,6-8H,5H2,(H,17,18). The molecule has 5 heteroatoms. The van der Waals surface area contributed by atoms with E-state index in [1.54, 1.807) is 23.5 Å². The van der Waals surface area contributed by atoms with Crippen molar-refractivity contribution in [3.63, 3.8) is 0 Å². The molecule has 0 fully saturated rings. The van der Waals surface area contributed by atoms with Crippen molar-refractivity contribution in [2.75, 3.05) is 0 Å². The number of rotatable bonds is 3. The summed E-state index contributed by atoms with van der Waals surface area (Å²) in [5.74, 6) is 0.921.